The van der Waals surface area contributed by atoms with Gasteiger partial charge in [0.2, 0.25) is 0 Å². The number of hydrogen-bond donors (Lipinski definition) is 1. The highest BCUT2D eigenvalue weighted by Gasteiger charge is 2.15. The monoisotopic (exact) mass is 282 g/mol. The van der Waals surface area contributed by atoms with Crippen LogP contribution in [-0.4, -0.2) is 11.6 Å². The Kier molecular flexibility index (Phi) is 4.50. The van der Waals surface area contributed by atoms with E-state index in [2.05, 4.69) is 44.3 Å². The Morgan fingerprint density at radius 2 is 1.90 bits per heavy atom. The zero-order valence-electron chi connectivity index (χ0n) is 13.1. The predicted octanol–water partition coefficient (Wildman–Crippen LogP) is 4.02. The maximum Gasteiger partial charge on any atom is 0.181 e. The van der Waals surface area contributed by atoms with Crippen LogP contribution in [-0.2, 0) is 6.54 Å². The van der Waals surface area contributed by atoms with Crippen molar-refractivity contribution in [3.8, 4) is 11.8 Å². The Morgan fingerprint density at radius 3 is 2.57 bits per heavy atom. The van der Waals surface area contributed by atoms with Crippen LogP contribution in [0.15, 0.2) is 36.4 Å². The zero-order valence-corrected chi connectivity index (χ0v) is 13.1. The quantitative estimate of drug-likeness (QED) is 0.921. The first-order valence-corrected chi connectivity index (χ1v) is 7.22. The van der Waals surface area contributed by atoms with E-state index in [4.69, 9.17) is 10.00 Å². The number of hydrogen-bond acceptors (Lipinski definition) is 3. The van der Waals surface area contributed by atoms with Crippen LogP contribution in [0.25, 0.3) is 10.8 Å². The molecule has 3 nitrogen and oxygen atoms in total. The molecular formula is C18H22N2O. The number of nitrogens with one attached hydrogen (secondary N) is 1. The fourth-order valence-electron chi connectivity index (χ4n) is 2.18. The van der Waals surface area contributed by atoms with Gasteiger partial charge in [-0.25, -0.2) is 0 Å². The molecule has 1 atom stereocenters. The van der Waals surface area contributed by atoms with Crippen molar-refractivity contribution in [1.82, 2.24) is 5.32 Å². The molecule has 2 rings (SSSR count). The molecule has 0 amide bonds. The van der Waals surface area contributed by atoms with Gasteiger partial charge in [-0.15, -0.1) is 0 Å². The Morgan fingerprint density at radius 1 is 1.19 bits per heavy atom. The highest BCUT2D eigenvalue weighted by molar-refractivity contribution is 5.87. The topological polar surface area (TPSA) is 45.0 Å². The summed E-state index contributed by atoms with van der Waals surface area (Å²) in [6, 6.07) is 14.4. The van der Waals surface area contributed by atoms with Crippen LogP contribution in [0.3, 0.4) is 0 Å². The number of nitrogens with zero attached hydrogens (tertiary/aromatic N) is 1. The summed E-state index contributed by atoms with van der Waals surface area (Å²) in [6.45, 7) is 8.87. The number of ether oxygens (including phenoxy) is 1. The van der Waals surface area contributed by atoms with Gasteiger partial charge in [-0.1, -0.05) is 30.3 Å². The summed E-state index contributed by atoms with van der Waals surface area (Å²) in [5.41, 5.74) is 1.12. The maximum absolute atomic E-state index is 8.97. The molecule has 110 valence electrons. The summed E-state index contributed by atoms with van der Waals surface area (Å²) in [5, 5.41) is 14.8. The predicted molar refractivity (Wildman–Crippen MR) is 86.2 cm³/mol. The van der Waals surface area contributed by atoms with Crippen molar-refractivity contribution in [3.05, 3.63) is 42.0 Å². The summed E-state index contributed by atoms with van der Waals surface area (Å²) < 4.78 is 5.77. The Labute approximate surface area is 126 Å². The average molecular weight is 282 g/mol. The van der Waals surface area contributed by atoms with Gasteiger partial charge in [0.05, 0.1) is 0 Å². The van der Waals surface area contributed by atoms with Crippen molar-refractivity contribution in [1.29, 1.82) is 5.26 Å². The lowest BCUT2D eigenvalue weighted by molar-refractivity contribution is 0.272. The molecule has 0 saturated heterocycles. The molecule has 0 aliphatic carbocycles. The van der Waals surface area contributed by atoms with Crippen LogP contribution in [0.5, 0.6) is 5.75 Å². The molecule has 0 aromatic heterocycles. The lowest BCUT2D eigenvalue weighted by atomic mass is 10.0. The molecule has 1 N–H and O–H groups in total. The van der Waals surface area contributed by atoms with Crippen molar-refractivity contribution in [2.75, 3.05) is 0 Å². The Bertz CT molecular complexity index is 665. The minimum absolute atomic E-state index is 0.0229. The van der Waals surface area contributed by atoms with Crippen LogP contribution < -0.4 is 10.1 Å². The summed E-state index contributed by atoms with van der Waals surface area (Å²) >= 11 is 0. The fourth-order valence-corrected chi connectivity index (χ4v) is 2.18. The molecule has 3 heteroatoms. The molecule has 0 heterocycles. The minimum atomic E-state index is -0.459. The number of nitriles is 1. The van der Waals surface area contributed by atoms with E-state index in [0.717, 1.165) is 16.7 Å². The van der Waals surface area contributed by atoms with Gasteiger partial charge in [0.15, 0.2) is 6.10 Å². The summed E-state index contributed by atoms with van der Waals surface area (Å²) in [4.78, 5) is 0. The second-order valence-electron chi connectivity index (χ2n) is 6.26. The molecule has 0 fully saturated rings. The van der Waals surface area contributed by atoms with E-state index in [-0.39, 0.29) is 5.54 Å². The van der Waals surface area contributed by atoms with Crippen LogP contribution in [0.2, 0.25) is 0 Å². The molecular weight excluding hydrogens is 260 g/mol. The summed E-state index contributed by atoms with van der Waals surface area (Å²) in [6.07, 6.45) is -0.459. The highest BCUT2D eigenvalue weighted by Crippen LogP contribution is 2.29. The first-order chi connectivity index (χ1) is 9.90. The highest BCUT2D eigenvalue weighted by atomic mass is 16.5. The van der Waals surface area contributed by atoms with Gasteiger partial charge in [-0.3, -0.25) is 0 Å². The first kappa shape index (κ1) is 15.3. The van der Waals surface area contributed by atoms with Gasteiger partial charge >= 0.3 is 0 Å². The zero-order chi connectivity index (χ0) is 15.5. The van der Waals surface area contributed by atoms with Crippen LogP contribution in [0.4, 0.5) is 0 Å². The Balaban J connectivity index is 2.44. The van der Waals surface area contributed by atoms with E-state index in [1.165, 1.54) is 5.39 Å². The molecule has 0 saturated carbocycles. The molecule has 0 spiro atoms. The first-order valence-electron chi connectivity index (χ1n) is 7.22. The third-order valence-electron chi connectivity index (χ3n) is 3.28. The van der Waals surface area contributed by atoms with Crippen molar-refractivity contribution < 1.29 is 4.74 Å². The number of benzene rings is 2. The van der Waals surface area contributed by atoms with Gasteiger partial charge < -0.3 is 10.1 Å². The molecule has 0 aliphatic heterocycles. The van der Waals surface area contributed by atoms with E-state index in [1.54, 1.807) is 6.92 Å². The van der Waals surface area contributed by atoms with Crippen molar-refractivity contribution in [2.24, 2.45) is 0 Å². The van der Waals surface area contributed by atoms with E-state index in [9.17, 15) is 0 Å². The van der Waals surface area contributed by atoms with E-state index >= 15 is 0 Å². The molecule has 0 radical (unpaired) electrons. The third kappa shape index (κ3) is 3.96. The molecule has 0 aliphatic rings. The number of fused-ring (bicyclic) bond motifs is 1. The normalized spacial score (nSPS) is 12.9. The van der Waals surface area contributed by atoms with E-state index in [1.807, 2.05) is 24.3 Å². The second kappa shape index (κ2) is 6.15. The van der Waals surface area contributed by atoms with Gasteiger partial charge in [0.25, 0.3) is 0 Å². The largest absolute Gasteiger partial charge is 0.476 e. The van der Waals surface area contributed by atoms with Crippen molar-refractivity contribution >= 4 is 10.8 Å². The fraction of sp³-hybridized carbons (Fsp3) is 0.389. The van der Waals surface area contributed by atoms with E-state index in [0.29, 0.717) is 6.54 Å². The summed E-state index contributed by atoms with van der Waals surface area (Å²) in [7, 11) is 0. The third-order valence-corrected chi connectivity index (χ3v) is 3.28. The van der Waals surface area contributed by atoms with Crippen LogP contribution in [0.1, 0.15) is 33.3 Å². The second-order valence-corrected chi connectivity index (χ2v) is 6.26. The lowest BCUT2D eigenvalue weighted by Crippen LogP contribution is -2.35. The van der Waals surface area contributed by atoms with E-state index < -0.39 is 6.10 Å². The van der Waals surface area contributed by atoms with Crippen LogP contribution >= 0.6 is 0 Å². The van der Waals surface area contributed by atoms with Gasteiger partial charge in [0.1, 0.15) is 11.8 Å². The Hall–Kier alpha value is -2.05. The average Bonchev–Trinajstić information content (AvgIpc) is 2.44. The molecule has 1 unspecified atom stereocenters. The lowest BCUT2D eigenvalue weighted by Gasteiger charge is -2.23. The minimum Gasteiger partial charge on any atom is -0.476 e. The smallest absolute Gasteiger partial charge is 0.181 e. The van der Waals surface area contributed by atoms with Crippen LogP contribution in [0, 0.1) is 11.3 Å². The number of rotatable bonds is 4. The van der Waals surface area contributed by atoms with Gasteiger partial charge in [-0.2, -0.15) is 5.26 Å². The van der Waals surface area contributed by atoms with Gasteiger partial charge in [-0.05, 0) is 44.5 Å². The molecule has 2 aromatic rings. The van der Waals surface area contributed by atoms with Gasteiger partial charge in [0, 0.05) is 17.6 Å². The van der Waals surface area contributed by atoms with Crippen molar-refractivity contribution in [3.63, 3.8) is 0 Å². The summed E-state index contributed by atoms with van der Waals surface area (Å²) in [5.74, 6) is 0.777. The SMILES string of the molecule is CC(C#N)Oc1ccc2ccccc2c1CNC(C)(C)C. The van der Waals surface area contributed by atoms with Crippen molar-refractivity contribution in [2.45, 2.75) is 45.9 Å². The molecule has 2 aromatic carbocycles. The molecule has 0 bridgehead atoms. The maximum atomic E-state index is 8.97. The molecule has 21 heavy (non-hydrogen) atoms. The standard InChI is InChI=1S/C18H22N2O/c1-13(11-19)21-17-10-9-14-7-5-6-8-15(14)16(17)12-20-18(2,3)4/h5-10,13,20H,12H2,1-4H3.